The minimum atomic E-state index is 0.0962. The number of aromatic nitrogens is 2. The zero-order chi connectivity index (χ0) is 12.7. The molecule has 1 rings (SSSR count). The van der Waals surface area contributed by atoms with Gasteiger partial charge in [0.25, 0.3) is 0 Å². The van der Waals surface area contributed by atoms with Crippen molar-refractivity contribution in [1.29, 1.82) is 0 Å². The van der Waals surface area contributed by atoms with Crippen molar-refractivity contribution in [2.45, 2.75) is 39.3 Å². The monoisotopic (exact) mass is 238 g/mol. The molecule has 2 N–H and O–H groups in total. The Morgan fingerprint density at radius 1 is 1.47 bits per heavy atom. The van der Waals surface area contributed by atoms with Crippen molar-refractivity contribution < 1.29 is 4.79 Å². The van der Waals surface area contributed by atoms with Crippen molar-refractivity contribution in [1.82, 2.24) is 20.4 Å². The zero-order valence-corrected chi connectivity index (χ0v) is 10.8. The number of nitrogens with zero attached hydrogens (tertiary/aromatic N) is 2. The van der Waals surface area contributed by atoms with Gasteiger partial charge in [-0.1, -0.05) is 0 Å². The normalized spacial score (nSPS) is 14.3. The van der Waals surface area contributed by atoms with Gasteiger partial charge in [0.2, 0.25) is 5.91 Å². The fourth-order valence-corrected chi connectivity index (χ4v) is 1.62. The highest BCUT2D eigenvalue weighted by Crippen LogP contribution is 2.08. The van der Waals surface area contributed by atoms with Crippen LogP contribution in [0.3, 0.4) is 0 Å². The van der Waals surface area contributed by atoms with E-state index >= 15 is 0 Å². The molecule has 0 saturated heterocycles. The van der Waals surface area contributed by atoms with Gasteiger partial charge in [-0.05, 0) is 26.8 Å². The van der Waals surface area contributed by atoms with Crippen LogP contribution in [-0.4, -0.2) is 34.8 Å². The van der Waals surface area contributed by atoms with Crippen LogP contribution in [0.4, 0.5) is 0 Å². The average Bonchev–Trinajstić information content (AvgIpc) is 2.81. The SMILES string of the molecule is CCNC(=O)CCN[C@@H](C)[C@@H](C)n1cccn1. The molecule has 1 amide bonds. The van der Waals surface area contributed by atoms with Crippen molar-refractivity contribution in [3.05, 3.63) is 18.5 Å². The molecule has 5 heteroatoms. The lowest BCUT2D eigenvalue weighted by atomic mass is 10.1. The van der Waals surface area contributed by atoms with E-state index in [1.807, 2.05) is 23.9 Å². The van der Waals surface area contributed by atoms with Gasteiger partial charge < -0.3 is 10.6 Å². The summed E-state index contributed by atoms with van der Waals surface area (Å²) in [6.45, 7) is 7.52. The third kappa shape index (κ3) is 4.56. The Morgan fingerprint density at radius 2 is 2.24 bits per heavy atom. The Balaban J connectivity index is 2.25. The highest BCUT2D eigenvalue weighted by atomic mass is 16.1. The molecule has 17 heavy (non-hydrogen) atoms. The third-order valence-corrected chi connectivity index (χ3v) is 2.86. The van der Waals surface area contributed by atoms with Gasteiger partial charge in [0.15, 0.2) is 0 Å². The number of carbonyl (C=O) groups is 1. The predicted molar refractivity (Wildman–Crippen MR) is 67.7 cm³/mol. The van der Waals surface area contributed by atoms with E-state index in [1.54, 1.807) is 6.20 Å². The van der Waals surface area contributed by atoms with Crippen LogP contribution in [0.1, 0.15) is 33.2 Å². The quantitative estimate of drug-likeness (QED) is 0.743. The van der Waals surface area contributed by atoms with E-state index < -0.39 is 0 Å². The van der Waals surface area contributed by atoms with Gasteiger partial charge in [0.05, 0.1) is 6.04 Å². The summed E-state index contributed by atoms with van der Waals surface area (Å²) in [5.41, 5.74) is 0. The summed E-state index contributed by atoms with van der Waals surface area (Å²) in [4.78, 5) is 11.3. The number of hydrogen-bond acceptors (Lipinski definition) is 3. The zero-order valence-electron chi connectivity index (χ0n) is 10.8. The smallest absolute Gasteiger partial charge is 0.221 e. The standard InChI is InChI=1S/C12H22N4O/c1-4-13-12(17)6-8-14-10(2)11(3)16-9-5-7-15-16/h5,7,9-11,14H,4,6,8H2,1-3H3,(H,13,17)/t10-,11+/m0/s1. The summed E-state index contributed by atoms with van der Waals surface area (Å²) in [7, 11) is 0. The maximum Gasteiger partial charge on any atom is 0.221 e. The lowest BCUT2D eigenvalue weighted by Gasteiger charge is -2.21. The molecule has 0 saturated carbocycles. The van der Waals surface area contributed by atoms with Crippen LogP contribution in [0.25, 0.3) is 0 Å². The largest absolute Gasteiger partial charge is 0.356 e. The summed E-state index contributed by atoms with van der Waals surface area (Å²) in [6, 6.07) is 2.47. The van der Waals surface area contributed by atoms with Gasteiger partial charge in [-0.2, -0.15) is 5.10 Å². The summed E-state index contributed by atoms with van der Waals surface area (Å²) in [6.07, 6.45) is 4.24. The summed E-state index contributed by atoms with van der Waals surface area (Å²) < 4.78 is 1.92. The van der Waals surface area contributed by atoms with Crippen LogP contribution < -0.4 is 10.6 Å². The van der Waals surface area contributed by atoms with Crippen LogP contribution in [0.5, 0.6) is 0 Å². The molecule has 1 aromatic rings. The highest BCUT2D eigenvalue weighted by Gasteiger charge is 2.13. The molecule has 0 fully saturated rings. The molecule has 1 heterocycles. The van der Waals surface area contributed by atoms with Gasteiger partial charge in [-0.15, -0.1) is 0 Å². The molecular weight excluding hydrogens is 216 g/mol. The number of hydrogen-bond donors (Lipinski definition) is 2. The Labute approximate surface area is 103 Å². The third-order valence-electron chi connectivity index (χ3n) is 2.86. The molecule has 0 unspecified atom stereocenters. The second-order valence-electron chi connectivity index (χ2n) is 4.17. The van der Waals surface area contributed by atoms with Crippen molar-refractivity contribution >= 4 is 5.91 Å². The highest BCUT2D eigenvalue weighted by molar-refractivity contribution is 5.75. The maximum absolute atomic E-state index is 11.3. The van der Waals surface area contributed by atoms with Crippen LogP contribution in [0.2, 0.25) is 0 Å². The van der Waals surface area contributed by atoms with Crippen molar-refractivity contribution in [3.8, 4) is 0 Å². The molecule has 0 aliphatic rings. The first-order chi connectivity index (χ1) is 8.15. The molecule has 5 nitrogen and oxygen atoms in total. The predicted octanol–water partition coefficient (Wildman–Crippen LogP) is 0.948. The molecule has 1 aromatic heterocycles. The second-order valence-corrected chi connectivity index (χ2v) is 4.17. The van der Waals surface area contributed by atoms with Gasteiger partial charge in [-0.25, -0.2) is 0 Å². The molecule has 96 valence electrons. The molecule has 2 atom stereocenters. The average molecular weight is 238 g/mol. The minimum absolute atomic E-state index is 0.0962. The number of nitrogens with one attached hydrogen (secondary N) is 2. The van der Waals surface area contributed by atoms with Gasteiger partial charge in [-0.3, -0.25) is 9.48 Å². The molecule has 0 bridgehead atoms. The molecular formula is C12H22N4O. The number of rotatable bonds is 7. The van der Waals surface area contributed by atoms with Crippen LogP contribution in [0, 0.1) is 0 Å². The lowest BCUT2D eigenvalue weighted by Crippen LogP contribution is -2.36. The summed E-state index contributed by atoms with van der Waals surface area (Å²) in [5.74, 6) is 0.0962. The Bertz CT molecular complexity index is 323. The van der Waals surface area contributed by atoms with Crippen LogP contribution in [0.15, 0.2) is 18.5 Å². The first-order valence-electron chi connectivity index (χ1n) is 6.14. The Hall–Kier alpha value is -1.36. The van der Waals surface area contributed by atoms with Crippen molar-refractivity contribution in [3.63, 3.8) is 0 Å². The van der Waals surface area contributed by atoms with Crippen molar-refractivity contribution in [2.75, 3.05) is 13.1 Å². The summed E-state index contributed by atoms with van der Waals surface area (Å²) in [5, 5.41) is 10.3. The van der Waals surface area contributed by atoms with Crippen LogP contribution in [-0.2, 0) is 4.79 Å². The number of amides is 1. The first-order valence-corrected chi connectivity index (χ1v) is 6.14. The molecule has 0 aromatic carbocycles. The fourth-order valence-electron chi connectivity index (χ4n) is 1.62. The van der Waals surface area contributed by atoms with Gasteiger partial charge in [0, 0.05) is 37.9 Å². The second kappa shape index (κ2) is 7.06. The van der Waals surface area contributed by atoms with E-state index in [-0.39, 0.29) is 18.0 Å². The first kappa shape index (κ1) is 13.7. The summed E-state index contributed by atoms with van der Waals surface area (Å²) >= 11 is 0. The van der Waals surface area contributed by atoms with Crippen molar-refractivity contribution in [2.24, 2.45) is 0 Å². The molecule has 0 aliphatic heterocycles. The topological polar surface area (TPSA) is 59.0 Å². The lowest BCUT2D eigenvalue weighted by molar-refractivity contribution is -0.120. The van der Waals surface area contributed by atoms with E-state index in [0.717, 1.165) is 0 Å². The van der Waals surface area contributed by atoms with E-state index in [2.05, 4.69) is 29.6 Å². The van der Waals surface area contributed by atoms with Gasteiger partial charge >= 0.3 is 0 Å². The van der Waals surface area contributed by atoms with E-state index in [9.17, 15) is 4.79 Å². The molecule has 0 radical (unpaired) electrons. The van der Waals surface area contributed by atoms with E-state index in [1.165, 1.54) is 0 Å². The molecule has 0 spiro atoms. The fraction of sp³-hybridized carbons (Fsp3) is 0.667. The maximum atomic E-state index is 11.3. The number of carbonyl (C=O) groups excluding carboxylic acids is 1. The Kier molecular flexibility index (Phi) is 5.69. The van der Waals surface area contributed by atoms with E-state index in [0.29, 0.717) is 19.5 Å². The Morgan fingerprint density at radius 3 is 2.82 bits per heavy atom. The minimum Gasteiger partial charge on any atom is -0.356 e. The van der Waals surface area contributed by atoms with Gasteiger partial charge in [0.1, 0.15) is 0 Å². The molecule has 0 aliphatic carbocycles. The van der Waals surface area contributed by atoms with E-state index in [4.69, 9.17) is 0 Å². The van der Waals surface area contributed by atoms with Crippen LogP contribution >= 0.6 is 0 Å².